The van der Waals surface area contributed by atoms with Crippen LogP contribution in [-0.4, -0.2) is 0 Å². The zero-order chi connectivity index (χ0) is 40.4. The van der Waals surface area contributed by atoms with Crippen LogP contribution in [0.1, 0.15) is 103 Å². The van der Waals surface area contributed by atoms with Gasteiger partial charge in [0.1, 0.15) is 0 Å². The highest BCUT2D eigenvalue weighted by atomic mass is 14.2. The van der Waals surface area contributed by atoms with E-state index >= 15 is 0 Å². The number of hydrogen-bond acceptors (Lipinski definition) is 0. The van der Waals surface area contributed by atoms with E-state index in [0.717, 1.165) is 12.8 Å². The minimum absolute atomic E-state index is 1.04. The molecule has 0 amide bonds. The highest BCUT2D eigenvalue weighted by Gasteiger charge is 2.12. The first-order valence-corrected chi connectivity index (χ1v) is 20.7. The zero-order valence-corrected chi connectivity index (χ0v) is 34.9. The van der Waals surface area contributed by atoms with Crippen molar-refractivity contribution < 1.29 is 0 Å². The summed E-state index contributed by atoms with van der Waals surface area (Å²) in [5.74, 6) is 0. The summed E-state index contributed by atoms with van der Waals surface area (Å²) in [6, 6.07) is 57.1. The Morgan fingerprint density at radius 3 is 0.931 bits per heavy atom. The Balaban J connectivity index is 1.09. The average Bonchev–Trinajstić information content (AvgIpc) is 3.28. The predicted octanol–water partition coefficient (Wildman–Crippen LogP) is 15.6. The van der Waals surface area contributed by atoms with E-state index in [1.165, 1.54) is 100 Å². The van der Waals surface area contributed by atoms with Crippen LogP contribution in [0.2, 0.25) is 0 Å². The number of aryl methyl sites for hydroxylation is 2. The van der Waals surface area contributed by atoms with E-state index < -0.39 is 0 Å². The minimum atomic E-state index is 1.04. The third-order valence-corrected chi connectivity index (χ3v) is 11.6. The quantitative estimate of drug-likeness (QED) is 0.109. The Hall–Kier alpha value is -6.50. The third-order valence-electron chi connectivity index (χ3n) is 11.6. The number of benzene rings is 7. The molecule has 58 heavy (non-hydrogen) atoms. The van der Waals surface area contributed by atoms with E-state index in [1.807, 2.05) is 0 Å². The van der Waals surface area contributed by atoms with Crippen LogP contribution in [-0.2, 0) is 12.8 Å². The van der Waals surface area contributed by atoms with Crippen LogP contribution in [0, 0.1) is 27.7 Å². The molecule has 0 atom stereocenters. The largest absolute Gasteiger partial charge is 0.0622 e. The van der Waals surface area contributed by atoms with Gasteiger partial charge in [-0.15, -0.1) is 0 Å². The van der Waals surface area contributed by atoms with E-state index in [9.17, 15) is 0 Å². The Bertz CT molecular complexity index is 2360. The van der Waals surface area contributed by atoms with Crippen molar-refractivity contribution in [1.29, 1.82) is 0 Å². The summed E-state index contributed by atoms with van der Waals surface area (Å²) in [5, 5.41) is 0. The van der Waals surface area contributed by atoms with E-state index in [0.29, 0.717) is 0 Å². The van der Waals surface area contributed by atoms with Gasteiger partial charge in [-0.3, -0.25) is 0 Å². The summed E-state index contributed by atoms with van der Waals surface area (Å²) in [7, 11) is 0. The second kappa shape index (κ2) is 18.6. The van der Waals surface area contributed by atoms with E-state index in [-0.39, 0.29) is 0 Å². The van der Waals surface area contributed by atoms with Gasteiger partial charge in [-0.1, -0.05) is 196 Å². The Kier molecular flexibility index (Phi) is 12.8. The highest BCUT2D eigenvalue weighted by molar-refractivity contribution is 5.93. The van der Waals surface area contributed by atoms with Gasteiger partial charge in [0.05, 0.1) is 0 Å². The fourth-order valence-electron chi connectivity index (χ4n) is 7.71. The SMILES string of the molecule is CCc1ccc(/C(=C/c2ccc(/C=C/c3c(C)c(C)c(/C=C/c4ccc(/C=C(\c5ccccc5)c5ccc(CC)cc5)cc4)c(C)c3C)cc2)c2ccccc2)cc1. The maximum absolute atomic E-state index is 2.30. The molecule has 0 aromatic heterocycles. The van der Waals surface area contributed by atoms with Crippen LogP contribution in [0.25, 0.3) is 47.6 Å². The molecule has 7 aromatic carbocycles. The van der Waals surface area contributed by atoms with Crippen molar-refractivity contribution in [2.24, 2.45) is 0 Å². The number of rotatable bonds is 12. The molecule has 0 N–H and O–H groups in total. The lowest BCUT2D eigenvalue weighted by Crippen LogP contribution is -1.99. The van der Waals surface area contributed by atoms with Crippen LogP contribution in [0.3, 0.4) is 0 Å². The molecule has 7 rings (SSSR count). The van der Waals surface area contributed by atoms with Crippen LogP contribution >= 0.6 is 0 Å². The third kappa shape index (κ3) is 9.37. The monoisotopic (exact) mass is 750 g/mol. The van der Waals surface area contributed by atoms with Crippen molar-refractivity contribution in [2.45, 2.75) is 54.4 Å². The fourth-order valence-corrected chi connectivity index (χ4v) is 7.71. The first kappa shape index (κ1) is 39.7. The van der Waals surface area contributed by atoms with Crippen LogP contribution in [0.4, 0.5) is 0 Å². The van der Waals surface area contributed by atoms with E-state index in [2.05, 4.69) is 236 Å². The van der Waals surface area contributed by atoms with Gasteiger partial charge in [0.2, 0.25) is 0 Å². The second-order valence-corrected chi connectivity index (χ2v) is 15.3. The first-order valence-electron chi connectivity index (χ1n) is 20.7. The van der Waals surface area contributed by atoms with Crippen molar-refractivity contribution in [3.8, 4) is 0 Å². The highest BCUT2D eigenvalue weighted by Crippen LogP contribution is 2.32. The fraction of sp³-hybridized carbons (Fsp3) is 0.138. The van der Waals surface area contributed by atoms with Gasteiger partial charge in [0.25, 0.3) is 0 Å². The van der Waals surface area contributed by atoms with Crippen LogP contribution in [0.15, 0.2) is 158 Å². The van der Waals surface area contributed by atoms with Crippen LogP contribution < -0.4 is 0 Å². The van der Waals surface area contributed by atoms with Gasteiger partial charge in [0, 0.05) is 0 Å². The molecule has 0 unspecified atom stereocenters. The zero-order valence-electron chi connectivity index (χ0n) is 34.9. The molecule has 0 spiro atoms. The molecular weight excluding hydrogens is 697 g/mol. The molecular formula is C58H54. The Morgan fingerprint density at radius 2 is 0.621 bits per heavy atom. The predicted molar refractivity (Wildman–Crippen MR) is 255 cm³/mol. The van der Waals surface area contributed by atoms with Crippen molar-refractivity contribution in [1.82, 2.24) is 0 Å². The first-order chi connectivity index (χ1) is 28.3. The molecule has 0 saturated carbocycles. The lowest BCUT2D eigenvalue weighted by atomic mass is 9.88. The standard InChI is InChI=1S/C58H54/c1-7-45-27-33-53(34-28-45)57(51-15-11-9-12-16-51)39-49-23-19-47(20-24-49)31-37-55-41(3)43(5)56(44(6)42(55)4)38-32-48-21-25-50(26-22-48)40-58(52-17-13-10-14-18-52)54-35-29-46(8-2)30-36-54/h9-40H,7-8H2,1-6H3/b37-31+,38-32+,57-39+,58-40+. The molecule has 0 aliphatic rings. The van der Waals surface area contributed by atoms with E-state index in [4.69, 9.17) is 0 Å². The summed E-state index contributed by atoms with van der Waals surface area (Å²) in [6.07, 6.45) is 15.8. The van der Waals surface area contributed by atoms with Gasteiger partial charge in [0.15, 0.2) is 0 Å². The number of hydrogen-bond donors (Lipinski definition) is 0. The summed E-state index contributed by atoms with van der Waals surface area (Å²) in [5.41, 5.74) is 22.7. The molecule has 0 heteroatoms. The summed E-state index contributed by atoms with van der Waals surface area (Å²) in [6.45, 7) is 13.4. The lowest BCUT2D eigenvalue weighted by molar-refractivity contribution is 1.14. The topological polar surface area (TPSA) is 0 Å². The van der Waals surface area contributed by atoms with Gasteiger partial charge in [-0.2, -0.15) is 0 Å². The summed E-state index contributed by atoms with van der Waals surface area (Å²) >= 11 is 0. The van der Waals surface area contributed by atoms with Gasteiger partial charge < -0.3 is 0 Å². The van der Waals surface area contributed by atoms with Crippen LogP contribution in [0.5, 0.6) is 0 Å². The molecule has 286 valence electrons. The summed E-state index contributed by atoms with van der Waals surface area (Å²) < 4.78 is 0. The summed E-state index contributed by atoms with van der Waals surface area (Å²) in [4.78, 5) is 0. The molecule has 0 fully saturated rings. The molecule has 0 aliphatic carbocycles. The van der Waals surface area contributed by atoms with Crippen molar-refractivity contribution in [3.63, 3.8) is 0 Å². The second-order valence-electron chi connectivity index (χ2n) is 15.3. The Morgan fingerprint density at radius 1 is 0.328 bits per heavy atom. The molecule has 7 aromatic rings. The maximum atomic E-state index is 2.30. The normalized spacial score (nSPS) is 12.2. The minimum Gasteiger partial charge on any atom is -0.0622 e. The van der Waals surface area contributed by atoms with Crippen molar-refractivity contribution >= 4 is 47.6 Å². The van der Waals surface area contributed by atoms with Gasteiger partial charge >= 0.3 is 0 Å². The lowest BCUT2D eigenvalue weighted by Gasteiger charge is -2.17. The maximum Gasteiger partial charge on any atom is -0.0105 e. The molecule has 0 saturated heterocycles. The van der Waals surface area contributed by atoms with Gasteiger partial charge in [-0.25, -0.2) is 0 Å². The molecule has 0 radical (unpaired) electrons. The molecule has 0 heterocycles. The average molecular weight is 751 g/mol. The smallest absolute Gasteiger partial charge is 0.0105 e. The molecule has 0 aliphatic heterocycles. The molecule has 0 bridgehead atoms. The van der Waals surface area contributed by atoms with Crippen molar-refractivity contribution in [3.05, 3.63) is 247 Å². The molecule has 0 nitrogen and oxygen atoms in total. The Labute approximate surface area is 347 Å². The van der Waals surface area contributed by atoms with Gasteiger partial charge in [-0.05, 0) is 153 Å². The van der Waals surface area contributed by atoms with Crippen molar-refractivity contribution in [2.75, 3.05) is 0 Å². The van der Waals surface area contributed by atoms with E-state index in [1.54, 1.807) is 0 Å².